The lowest BCUT2D eigenvalue weighted by Crippen LogP contribution is -2.39. The molecule has 1 N–H and O–H groups in total. The van der Waals surface area contributed by atoms with Gasteiger partial charge < -0.3 is 10.1 Å². The fourth-order valence-electron chi connectivity index (χ4n) is 4.89. The summed E-state index contributed by atoms with van der Waals surface area (Å²) in [6, 6.07) is 0.717. The molecular weight excluding hydrogens is 234 g/mol. The van der Waals surface area contributed by atoms with Crippen LogP contribution in [0.15, 0.2) is 0 Å². The molecule has 0 aromatic carbocycles. The van der Waals surface area contributed by atoms with Gasteiger partial charge in [-0.15, -0.1) is 0 Å². The van der Waals surface area contributed by atoms with Crippen molar-refractivity contribution in [3.05, 3.63) is 0 Å². The number of rotatable bonds is 6. The molecule has 1 saturated heterocycles. The van der Waals surface area contributed by atoms with Gasteiger partial charge in [-0.2, -0.15) is 0 Å². The van der Waals surface area contributed by atoms with E-state index in [4.69, 9.17) is 4.74 Å². The number of hydrogen-bond acceptors (Lipinski definition) is 2. The van der Waals surface area contributed by atoms with Crippen molar-refractivity contribution >= 4 is 0 Å². The Hall–Kier alpha value is -0.0800. The van der Waals surface area contributed by atoms with Crippen molar-refractivity contribution < 1.29 is 4.74 Å². The molecule has 2 bridgehead atoms. The van der Waals surface area contributed by atoms with E-state index in [0.29, 0.717) is 12.1 Å². The lowest BCUT2D eigenvalue weighted by atomic mass is 9.80. The summed E-state index contributed by atoms with van der Waals surface area (Å²) in [7, 11) is 0. The third kappa shape index (κ3) is 3.16. The van der Waals surface area contributed by atoms with E-state index in [1.165, 1.54) is 45.1 Å². The largest absolute Gasteiger partial charge is 0.378 e. The molecule has 19 heavy (non-hydrogen) atoms. The maximum Gasteiger partial charge on any atom is 0.0551 e. The third-order valence-corrected chi connectivity index (χ3v) is 5.90. The van der Waals surface area contributed by atoms with E-state index in [0.717, 1.165) is 30.3 Å². The zero-order valence-electron chi connectivity index (χ0n) is 12.7. The quantitative estimate of drug-likeness (QED) is 0.792. The van der Waals surface area contributed by atoms with Crippen molar-refractivity contribution in [1.82, 2.24) is 5.32 Å². The van der Waals surface area contributed by atoms with Crippen molar-refractivity contribution in [2.24, 2.45) is 23.7 Å². The van der Waals surface area contributed by atoms with Gasteiger partial charge in [0.25, 0.3) is 0 Å². The maximum atomic E-state index is 5.81. The normalized spacial score (nSPS) is 42.9. The Labute approximate surface area is 118 Å². The van der Waals surface area contributed by atoms with Crippen LogP contribution in [0, 0.1) is 23.7 Å². The van der Waals surface area contributed by atoms with E-state index in [1.807, 2.05) is 0 Å². The van der Waals surface area contributed by atoms with Gasteiger partial charge in [0.05, 0.1) is 12.7 Å². The summed E-state index contributed by atoms with van der Waals surface area (Å²) < 4.78 is 5.81. The first-order valence-electron chi connectivity index (χ1n) is 8.61. The summed E-state index contributed by atoms with van der Waals surface area (Å²) in [5, 5.41) is 3.84. The highest BCUT2D eigenvalue weighted by Gasteiger charge is 2.41. The topological polar surface area (TPSA) is 21.3 Å². The summed E-state index contributed by atoms with van der Waals surface area (Å²) in [6.45, 7) is 6.67. The highest BCUT2D eigenvalue weighted by Crippen LogP contribution is 2.50. The first-order chi connectivity index (χ1) is 9.26. The standard InChI is InChI=1S/C17H31NO/c1-3-6-18-17(16-7-12(2)19-11-16)10-15-9-13-4-5-14(15)8-13/h12-18H,3-11H2,1-2H3. The smallest absolute Gasteiger partial charge is 0.0551 e. The maximum absolute atomic E-state index is 5.81. The average molecular weight is 265 g/mol. The second-order valence-electron chi connectivity index (χ2n) is 7.37. The zero-order valence-corrected chi connectivity index (χ0v) is 12.7. The molecule has 6 atom stereocenters. The molecule has 2 saturated carbocycles. The molecule has 0 radical (unpaired) electrons. The number of nitrogens with one attached hydrogen (secondary N) is 1. The van der Waals surface area contributed by atoms with E-state index in [9.17, 15) is 0 Å². The van der Waals surface area contributed by atoms with Crippen molar-refractivity contribution in [3.63, 3.8) is 0 Å². The van der Waals surface area contributed by atoms with Crippen LogP contribution in [0.1, 0.15) is 58.8 Å². The number of fused-ring (bicyclic) bond motifs is 2. The van der Waals surface area contributed by atoms with Crippen molar-refractivity contribution in [3.8, 4) is 0 Å². The molecule has 6 unspecified atom stereocenters. The minimum Gasteiger partial charge on any atom is -0.378 e. The third-order valence-electron chi connectivity index (χ3n) is 5.90. The monoisotopic (exact) mass is 265 g/mol. The molecule has 3 fully saturated rings. The van der Waals surface area contributed by atoms with Gasteiger partial charge in [-0.1, -0.05) is 13.3 Å². The molecule has 3 aliphatic rings. The predicted molar refractivity (Wildman–Crippen MR) is 79.2 cm³/mol. The van der Waals surface area contributed by atoms with Gasteiger partial charge in [-0.25, -0.2) is 0 Å². The van der Waals surface area contributed by atoms with Gasteiger partial charge in [0, 0.05) is 12.0 Å². The molecule has 1 aliphatic heterocycles. The summed E-state index contributed by atoms with van der Waals surface area (Å²) in [5.74, 6) is 3.93. The van der Waals surface area contributed by atoms with Crippen LogP contribution in [-0.4, -0.2) is 25.3 Å². The summed E-state index contributed by atoms with van der Waals surface area (Å²) in [5.41, 5.74) is 0. The Morgan fingerprint density at radius 1 is 1.21 bits per heavy atom. The Balaban J connectivity index is 1.56. The van der Waals surface area contributed by atoms with Crippen LogP contribution >= 0.6 is 0 Å². The van der Waals surface area contributed by atoms with Crippen LogP contribution in [0.4, 0.5) is 0 Å². The lowest BCUT2D eigenvalue weighted by Gasteiger charge is -2.30. The fourth-order valence-corrected chi connectivity index (χ4v) is 4.89. The highest BCUT2D eigenvalue weighted by atomic mass is 16.5. The van der Waals surface area contributed by atoms with Gasteiger partial charge in [0.15, 0.2) is 0 Å². The van der Waals surface area contributed by atoms with Gasteiger partial charge in [-0.05, 0) is 69.7 Å². The van der Waals surface area contributed by atoms with Crippen LogP contribution in [-0.2, 0) is 4.74 Å². The highest BCUT2D eigenvalue weighted by molar-refractivity contribution is 4.93. The Bertz CT molecular complexity index is 293. The van der Waals surface area contributed by atoms with Crippen LogP contribution in [0.25, 0.3) is 0 Å². The Morgan fingerprint density at radius 2 is 2.11 bits per heavy atom. The van der Waals surface area contributed by atoms with E-state index < -0.39 is 0 Å². The summed E-state index contributed by atoms with van der Waals surface area (Å²) in [6.07, 6.45) is 10.5. The van der Waals surface area contributed by atoms with Gasteiger partial charge in [-0.3, -0.25) is 0 Å². The van der Waals surface area contributed by atoms with E-state index >= 15 is 0 Å². The van der Waals surface area contributed by atoms with Gasteiger partial charge in [0.1, 0.15) is 0 Å². The SMILES string of the molecule is CCCNC(CC1CC2CCC1C2)C1COC(C)C1. The van der Waals surface area contributed by atoms with Crippen molar-refractivity contribution in [2.75, 3.05) is 13.2 Å². The molecule has 0 aromatic rings. The summed E-state index contributed by atoms with van der Waals surface area (Å²) >= 11 is 0. The minimum atomic E-state index is 0.482. The molecule has 0 amide bonds. The Kier molecular flexibility index (Phi) is 4.48. The molecule has 2 aliphatic carbocycles. The predicted octanol–water partition coefficient (Wildman–Crippen LogP) is 3.61. The fraction of sp³-hybridized carbons (Fsp3) is 1.00. The number of ether oxygens (including phenoxy) is 1. The lowest BCUT2D eigenvalue weighted by molar-refractivity contribution is 0.114. The van der Waals surface area contributed by atoms with Crippen LogP contribution in [0.2, 0.25) is 0 Å². The summed E-state index contributed by atoms with van der Waals surface area (Å²) in [4.78, 5) is 0. The van der Waals surface area contributed by atoms with E-state index in [-0.39, 0.29) is 0 Å². The molecule has 0 aromatic heterocycles. The Morgan fingerprint density at radius 3 is 2.68 bits per heavy atom. The molecule has 0 spiro atoms. The van der Waals surface area contributed by atoms with Crippen LogP contribution in [0.3, 0.4) is 0 Å². The second-order valence-corrected chi connectivity index (χ2v) is 7.37. The molecule has 1 heterocycles. The molecule has 2 heteroatoms. The minimum absolute atomic E-state index is 0.482. The molecular formula is C17H31NO. The van der Waals surface area contributed by atoms with E-state index in [1.54, 1.807) is 6.42 Å². The van der Waals surface area contributed by atoms with Crippen molar-refractivity contribution in [1.29, 1.82) is 0 Å². The molecule has 2 nitrogen and oxygen atoms in total. The molecule has 110 valence electrons. The van der Waals surface area contributed by atoms with Crippen LogP contribution in [0.5, 0.6) is 0 Å². The second kappa shape index (κ2) is 6.13. The first-order valence-corrected chi connectivity index (χ1v) is 8.61. The van der Waals surface area contributed by atoms with Crippen molar-refractivity contribution in [2.45, 2.75) is 70.9 Å². The van der Waals surface area contributed by atoms with Gasteiger partial charge >= 0.3 is 0 Å². The van der Waals surface area contributed by atoms with Crippen LogP contribution < -0.4 is 5.32 Å². The average Bonchev–Trinajstić information content (AvgIpc) is 3.10. The number of hydrogen-bond donors (Lipinski definition) is 1. The first kappa shape index (κ1) is 13.9. The van der Waals surface area contributed by atoms with E-state index in [2.05, 4.69) is 19.2 Å². The van der Waals surface area contributed by atoms with Gasteiger partial charge in [0.2, 0.25) is 0 Å². The zero-order chi connectivity index (χ0) is 13.2. The molecule has 3 rings (SSSR count).